The molecule has 6 heteroatoms. The second-order valence-corrected chi connectivity index (χ2v) is 3.76. The van der Waals surface area contributed by atoms with Gasteiger partial charge in [-0.05, 0) is 6.42 Å². The standard InChI is InChI=1S/C10H8BrF2NO2/c11-4-2-1-3-7-5-10(14(15)16)9(13)6-8(7)12/h1,3,5-6H,2,4H2. The zero-order chi connectivity index (χ0) is 12.1. The third-order valence-corrected chi connectivity index (χ3v) is 2.29. The number of alkyl halides is 1. The van der Waals surface area contributed by atoms with Gasteiger partial charge in [0.2, 0.25) is 5.82 Å². The predicted octanol–water partition coefficient (Wildman–Crippen LogP) is 3.67. The van der Waals surface area contributed by atoms with Crippen molar-refractivity contribution in [3.8, 4) is 0 Å². The minimum atomic E-state index is -1.17. The van der Waals surface area contributed by atoms with Crippen molar-refractivity contribution in [2.75, 3.05) is 5.33 Å². The average molecular weight is 292 g/mol. The molecule has 0 saturated heterocycles. The number of nitro groups is 1. The monoisotopic (exact) mass is 291 g/mol. The van der Waals surface area contributed by atoms with Gasteiger partial charge >= 0.3 is 5.69 Å². The molecule has 0 aliphatic carbocycles. The Morgan fingerprint density at radius 2 is 2.06 bits per heavy atom. The molecule has 0 aliphatic heterocycles. The van der Waals surface area contributed by atoms with E-state index in [1.807, 2.05) is 0 Å². The van der Waals surface area contributed by atoms with Crippen LogP contribution in [0.5, 0.6) is 0 Å². The van der Waals surface area contributed by atoms with Gasteiger partial charge in [-0.2, -0.15) is 4.39 Å². The first-order valence-electron chi connectivity index (χ1n) is 4.42. The third-order valence-electron chi connectivity index (χ3n) is 1.84. The van der Waals surface area contributed by atoms with Crippen molar-refractivity contribution in [3.63, 3.8) is 0 Å². The van der Waals surface area contributed by atoms with Crippen LogP contribution in [0.2, 0.25) is 0 Å². The molecule has 0 N–H and O–H groups in total. The van der Waals surface area contributed by atoms with Gasteiger partial charge in [-0.15, -0.1) is 0 Å². The summed E-state index contributed by atoms with van der Waals surface area (Å²) in [6, 6.07) is 1.40. The molecule has 0 spiro atoms. The Morgan fingerprint density at radius 1 is 1.38 bits per heavy atom. The Labute approximate surface area is 99.1 Å². The Kier molecular flexibility index (Phi) is 4.54. The zero-order valence-corrected chi connectivity index (χ0v) is 9.71. The first-order chi connectivity index (χ1) is 7.56. The van der Waals surface area contributed by atoms with Crippen LogP contribution in [-0.4, -0.2) is 10.3 Å². The molecule has 0 saturated carbocycles. The second kappa shape index (κ2) is 5.69. The van der Waals surface area contributed by atoms with Crippen molar-refractivity contribution >= 4 is 27.7 Å². The molecular weight excluding hydrogens is 284 g/mol. The molecule has 1 aromatic rings. The van der Waals surface area contributed by atoms with Crippen molar-refractivity contribution < 1.29 is 13.7 Å². The summed E-state index contributed by atoms with van der Waals surface area (Å²) in [7, 11) is 0. The quantitative estimate of drug-likeness (QED) is 0.483. The number of nitro benzene ring substituents is 1. The molecule has 0 heterocycles. The van der Waals surface area contributed by atoms with E-state index in [1.165, 1.54) is 6.08 Å². The fourth-order valence-electron chi connectivity index (χ4n) is 1.09. The molecule has 1 rings (SSSR count). The summed E-state index contributed by atoms with van der Waals surface area (Å²) in [4.78, 5) is 9.55. The first-order valence-corrected chi connectivity index (χ1v) is 5.54. The van der Waals surface area contributed by atoms with E-state index in [-0.39, 0.29) is 5.56 Å². The Balaban J connectivity index is 3.09. The number of allylic oxidation sites excluding steroid dienone is 1. The molecule has 3 nitrogen and oxygen atoms in total. The SMILES string of the molecule is O=[N+]([O-])c1cc(C=CCCBr)c(F)cc1F. The molecule has 0 amide bonds. The van der Waals surface area contributed by atoms with Gasteiger partial charge < -0.3 is 0 Å². The van der Waals surface area contributed by atoms with Crippen LogP contribution in [0.15, 0.2) is 18.2 Å². The molecule has 0 radical (unpaired) electrons. The van der Waals surface area contributed by atoms with E-state index >= 15 is 0 Å². The van der Waals surface area contributed by atoms with Crippen LogP contribution in [0.25, 0.3) is 6.08 Å². The van der Waals surface area contributed by atoms with Gasteiger partial charge in [0.15, 0.2) is 0 Å². The minimum absolute atomic E-state index is 0.00838. The number of hydrogen-bond donors (Lipinski definition) is 0. The van der Waals surface area contributed by atoms with E-state index in [1.54, 1.807) is 6.08 Å². The third kappa shape index (κ3) is 3.10. The van der Waals surface area contributed by atoms with E-state index in [4.69, 9.17) is 0 Å². The summed E-state index contributed by atoms with van der Waals surface area (Å²) in [5, 5.41) is 11.1. The Bertz CT molecular complexity index is 435. The van der Waals surface area contributed by atoms with Crippen LogP contribution < -0.4 is 0 Å². The summed E-state index contributed by atoms with van der Waals surface area (Å²) in [6.07, 6.45) is 3.70. The van der Waals surface area contributed by atoms with Gasteiger partial charge in [-0.1, -0.05) is 28.1 Å². The highest BCUT2D eigenvalue weighted by molar-refractivity contribution is 9.09. The van der Waals surface area contributed by atoms with Gasteiger partial charge in [-0.3, -0.25) is 10.1 Å². The molecule has 0 atom stereocenters. The van der Waals surface area contributed by atoms with Crippen LogP contribution >= 0.6 is 15.9 Å². The van der Waals surface area contributed by atoms with Gasteiger partial charge in [0.25, 0.3) is 0 Å². The molecule has 16 heavy (non-hydrogen) atoms. The lowest BCUT2D eigenvalue weighted by Gasteiger charge is -1.98. The first kappa shape index (κ1) is 12.8. The lowest BCUT2D eigenvalue weighted by molar-refractivity contribution is -0.387. The van der Waals surface area contributed by atoms with E-state index in [9.17, 15) is 18.9 Å². The number of hydrogen-bond acceptors (Lipinski definition) is 2. The van der Waals surface area contributed by atoms with Crippen molar-refractivity contribution in [2.45, 2.75) is 6.42 Å². The van der Waals surface area contributed by atoms with E-state index in [2.05, 4.69) is 15.9 Å². The molecule has 0 bridgehead atoms. The number of benzene rings is 1. The van der Waals surface area contributed by atoms with Crippen LogP contribution in [0.1, 0.15) is 12.0 Å². The average Bonchev–Trinajstić information content (AvgIpc) is 2.21. The summed E-state index contributed by atoms with van der Waals surface area (Å²) in [5.74, 6) is -1.98. The predicted molar refractivity (Wildman–Crippen MR) is 60.5 cm³/mol. The van der Waals surface area contributed by atoms with Crippen molar-refractivity contribution in [1.29, 1.82) is 0 Å². The van der Waals surface area contributed by atoms with Crippen LogP contribution in [0, 0.1) is 21.7 Å². The summed E-state index contributed by atoms with van der Waals surface area (Å²) >= 11 is 3.18. The normalized spacial score (nSPS) is 10.9. The number of halogens is 3. The maximum absolute atomic E-state index is 13.2. The molecule has 0 aliphatic rings. The lowest BCUT2D eigenvalue weighted by Crippen LogP contribution is -1.95. The molecule has 1 aromatic carbocycles. The largest absolute Gasteiger partial charge is 0.305 e. The maximum atomic E-state index is 13.2. The van der Waals surface area contributed by atoms with Gasteiger partial charge in [0.1, 0.15) is 5.82 Å². The van der Waals surface area contributed by atoms with Crippen LogP contribution in [-0.2, 0) is 0 Å². The minimum Gasteiger partial charge on any atom is -0.258 e. The molecule has 0 aromatic heterocycles. The molecule has 0 fully saturated rings. The number of rotatable bonds is 4. The maximum Gasteiger partial charge on any atom is 0.305 e. The highest BCUT2D eigenvalue weighted by atomic mass is 79.9. The highest BCUT2D eigenvalue weighted by Gasteiger charge is 2.16. The van der Waals surface area contributed by atoms with Crippen molar-refractivity contribution in [1.82, 2.24) is 0 Å². The topological polar surface area (TPSA) is 43.1 Å². The second-order valence-electron chi connectivity index (χ2n) is 2.96. The summed E-state index contributed by atoms with van der Waals surface area (Å²) < 4.78 is 26.2. The number of nitrogens with zero attached hydrogens (tertiary/aromatic N) is 1. The molecule has 0 unspecified atom stereocenters. The van der Waals surface area contributed by atoms with E-state index in [0.29, 0.717) is 17.8 Å². The Morgan fingerprint density at radius 3 is 2.62 bits per heavy atom. The van der Waals surface area contributed by atoms with Crippen LogP contribution in [0.4, 0.5) is 14.5 Å². The van der Waals surface area contributed by atoms with Gasteiger partial charge in [0, 0.05) is 23.0 Å². The highest BCUT2D eigenvalue weighted by Crippen LogP contribution is 2.22. The summed E-state index contributed by atoms with van der Waals surface area (Å²) in [5.41, 5.74) is -0.714. The van der Waals surface area contributed by atoms with E-state index < -0.39 is 22.2 Å². The van der Waals surface area contributed by atoms with Crippen molar-refractivity contribution in [2.24, 2.45) is 0 Å². The molecule has 86 valence electrons. The molecular formula is C10H8BrF2NO2. The smallest absolute Gasteiger partial charge is 0.258 e. The van der Waals surface area contributed by atoms with Gasteiger partial charge in [-0.25, -0.2) is 4.39 Å². The van der Waals surface area contributed by atoms with Crippen molar-refractivity contribution in [3.05, 3.63) is 45.5 Å². The fourth-order valence-corrected chi connectivity index (χ4v) is 1.36. The Hall–Kier alpha value is -1.30. The van der Waals surface area contributed by atoms with Crippen LogP contribution in [0.3, 0.4) is 0 Å². The van der Waals surface area contributed by atoms with Gasteiger partial charge in [0.05, 0.1) is 4.92 Å². The lowest BCUT2D eigenvalue weighted by atomic mass is 10.1. The summed E-state index contributed by atoms with van der Waals surface area (Å²) in [6.45, 7) is 0. The zero-order valence-electron chi connectivity index (χ0n) is 8.12. The fraction of sp³-hybridized carbons (Fsp3) is 0.200. The van der Waals surface area contributed by atoms with E-state index in [0.717, 1.165) is 6.07 Å².